The summed E-state index contributed by atoms with van der Waals surface area (Å²) in [5.74, 6) is -1.20. The van der Waals surface area contributed by atoms with Crippen molar-refractivity contribution < 1.29 is 19.1 Å². The van der Waals surface area contributed by atoms with Crippen LogP contribution in [0.3, 0.4) is 0 Å². The number of benzene rings is 2. The van der Waals surface area contributed by atoms with E-state index in [2.05, 4.69) is 10.6 Å². The van der Waals surface area contributed by atoms with Crippen LogP contribution in [0, 0.1) is 20.8 Å². The number of hydrogen-bond acceptors (Lipinski definition) is 4. The first kappa shape index (κ1) is 19.2. The molecule has 0 heterocycles. The average molecular weight is 354 g/mol. The van der Waals surface area contributed by atoms with E-state index in [0.29, 0.717) is 11.3 Å². The van der Waals surface area contributed by atoms with E-state index in [4.69, 9.17) is 4.74 Å². The number of nitrogens with one attached hydrogen (secondary N) is 2. The van der Waals surface area contributed by atoms with Gasteiger partial charge in [-0.2, -0.15) is 0 Å². The van der Waals surface area contributed by atoms with E-state index in [0.717, 1.165) is 22.4 Å². The summed E-state index contributed by atoms with van der Waals surface area (Å²) >= 11 is 0. The molecule has 2 aromatic carbocycles. The van der Waals surface area contributed by atoms with Gasteiger partial charge in [0.15, 0.2) is 6.61 Å². The molecule has 0 aliphatic heterocycles. The quantitative estimate of drug-likeness (QED) is 0.806. The summed E-state index contributed by atoms with van der Waals surface area (Å²) in [6.07, 6.45) is 0. The number of rotatable bonds is 5. The molecule has 0 aromatic heterocycles. The van der Waals surface area contributed by atoms with Crippen molar-refractivity contribution in [3.63, 3.8) is 0 Å². The summed E-state index contributed by atoms with van der Waals surface area (Å²) in [4.78, 5) is 35.1. The van der Waals surface area contributed by atoms with Crippen LogP contribution in [0.25, 0.3) is 0 Å². The highest BCUT2D eigenvalue weighted by Gasteiger charge is 2.12. The number of anilines is 2. The topological polar surface area (TPSA) is 84.5 Å². The van der Waals surface area contributed by atoms with Gasteiger partial charge in [-0.25, -0.2) is 4.79 Å². The van der Waals surface area contributed by atoms with Crippen molar-refractivity contribution in [2.45, 2.75) is 27.7 Å². The molecule has 0 saturated heterocycles. The summed E-state index contributed by atoms with van der Waals surface area (Å²) in [7, 11) is 0. The third-order valence-electron chi connectivity index (χ3n) is 3.72. The smallest absolute Gasteiger partial charge is 0.338 e. The number of hydrogen-bond donors (Lipinski definition) is 2. The van der Waals surface area contributed by atoms with Crippen LogP contribution in [0.5, 0.6) is 0 Å². The van der Waals surface area contributed by atoms with E-state index in [1.807, 2.05) is 32.9 Å². The Kier molecular flexibility index (Phi) is 6.11. The molecule has 0 atom stereocenters. The molecule has 0 unspecified atom stereocenters. The molecule has 6 nitrogen and oxygen atoms in total. The second-order valence-corrected chi connectivity index (χ2v) is 6.16. The zero-order valence-electron chi connectivity index (χ0n) is 15.3. The van der Waals surface area contributed by atoms with Crippen molar-refractivity contribution in [2.24, 2.45) is 0 Å². The van der Waals surface area contributed by atoms with Crippen LogP contribution in [0.15, 0.2) is 36.4 Å². The Morgan fingerprint density at radius 2 is 1.50 bits per heavy atom. The molecule has 0 fully saturated rings. The van der Waals surface area contributed by atoms with Crippen LogP contribution < -0.4 is 10.6 Å². The summed E-state index contributed by atoms with van der Waals surface area (Å²) in [6.45, 7) is 6.85. The van der Waals surface area contributed by atoms with Crippen LogP contribution >= 0.6 is 0 Å². The lowest BCUT2D eigenvalue weighted by atomic mass is 10.1. The van der Waals surface area contributed by atoms with Crippen LogP contribution in [-0.2, 0) is 14.3 Å². The maximum absolute atomic E-state index is 12.1. The molecule has 2 N–H and O–H groups in total. The molecule has 0 bridgehead atoms. The van der Waals surface area contributed by atoms with Crippen molar-refractivity contribution in [2.75, 3.05) is 17.2 Å². The molecule has 26 heavy (non-hydrogen) atoms. The highest BCUT2D eigenvalue weighted by atomic mass is 16.5. The lowest BCUT2D eigenvalue weighted by Gasteiger charge is -2.13. The normalized spacial score (nSPS) is 10.2. The molecule has 0 aliphatic rings. The van der Waals surface area contributed by atoms with Gasteiger partial charge in [0.2, 0.25) is 5.91 Å². The van der Waals surface area contributed by atoms with Crippen LogP contribution in [0.4, 0.5) is 11.4 Å². The molecule has 2 amide bonds. The fourth-order valence-electron chi connectivity index (χ4n) is 2.66. The predicted molar refractivity (Wildman–Crippen MR) is 100 cm³/mol. The number of aryl methyl sites for hydroxylation is 3. The highest BCUT2D eigenvalue weighted by Crippen LogP contribution is 2.21. The molecule has 0 saturated carbocycles. The Bertz CT molecular complexity index is 818. The minimum Gasteiger partial charge on any atom is -0.452 e. The minimum absolute atomic E-state index is 0.196. The van der Waals surface area contributed by atoms with Gasteiger partial charge in [-0.15, -0.1) is 0 Å². The zero-order chi connectivity index (χ0) is 19.3. The standard InChI is InChI=1S/C20H22N2O4/c1-12-9-13(2)19(14(3)10-12)22-18(24)11-26-20(25)16-5-7-17(8-6-16)21-15(4)23/h5-10H,11H2,1-4H3,(H,21,23)(H,22,24). The SMILES string of the molecule is CC(=O)Nc1ccc(C(=O)OCC(=O)Nc2c(C)cc(C)cc2C)cc1. The van der Waals surface area contributed by atoms with E-state index in [1.165, 1.54) is 19.1 Å². The second kappa shape index (κ2) is 8.29. The molecule has 6 heteroatoms. The summed E-state index contributed by atoms with van der Waals surface area (Å²) < 4.78 is 5.05. The summed E-state index contributed by atoms with van der Waals surface area (Å²) in [5, 5.41) is 5.39. The van der Waals surface area contributed by atoms with Gasteiger partial charge in [-0.3, -0.25) is 9.59 Å². The van der Waals surface area contributed by atoms with E-state index in [1.54, 1.807) is 12.1 Å². The minimum atomic E-state index is -0.605. The first-order valence-electron chi connectivity index (χ1n) is 8.18. The number of amides is 2. The van der Waals surface area contributed by atoms with Crippen LogP contribution in [0.1, 0.15) is 34.0 Å². The van der Waals surface area contributed by atoms with Gasteiger partial charge in [0.05, 0.1) is 5.56 Å². The fourth-order valence-corrected chi connectivity index (χ4v) is 2.66. The van der Waals surface area contributed by atoms with E-state index in [9.17, 15) is 14.4 Å². The Morgan fingerprint density at radius 1 is 0.923 bits per heavy atom. The van der Waals surface area contributed by atoms with Gasteiger partial charge in [0.25, 0.3) is 5.91 Å². The second-order valence-electron chi connectivity index (χ2n) is 6.16. The zero-order valence-corrected chi connectivity index (χ0v) is 15.3. The van der Waals surface area contributed by atoms with Crippen LogP contribution in [-0.4, -0.2) is 24.4 Å². The molecule has 2 rings (SSSR count). The van der Waals surface area contributed by atoms with E-state index >= 15 is 0 Å². The Labute approximate surface area is 152 Å². The van der Waals surface area contributed by atoms with Gasteiger partial charge in [0, 0.05) is 18.3 Å². The maximum Gasteiger partial charge on any atom is 0.338 e. The number of esters is 1. The van der Waals surface area contributed by atoms with Crippen molar-refractivity contribution in [1.29, 1.82) is 0 Å². The van der Waals surface area contributed by atoms with Crippen molar-refractivity contribution in [1.82, 2.24) is 0 Å². The molecular weight excluding hydrogens is 332 g/mol. The lowest BCUT2D eigenvalue weighted by molar-refractivity contribution is -0.119. The third-order valence-corrected chi connectivity index (χ3v) is 3.72. The summed E-state index contributed by atoms with van der Waals surface area (Å²) in [6, 6.07) is 10.2. The Hall–Kier alpha value is -3.15. The number of carbonyl (C=O) groups is 3. The van der Waals surface area contributed by atoms with Crippen molar-refractivity contribution in [3.8, 4) is 0 Å². The van der Waals surface area contributed by atoms with Gasteiger partial charge < -0.3 is 15.4 Å². The van der Waals surface area contributed by atoms with Gasteiger partial charge >= 0.3 is 5.97 Å². The monoisotopic (exact) mass is 354 g/mol. The van der Waals surface area contributed by atoms with E-state index in [-0.39, 0.29) is 12.5 Å². The Morgan fingerprint density at radius 3 is 2.04 bits per heavy atom. The van der Waals surface area contributed by atoms with Crippen molar-refractivity contribution >= 4 is 29.2 Å². The highest BCUT2D eigenvalue weighted by molar-refractivity contribution is 5.97. The fraction of sp³-hybridized carbons (Fsp3) is 0.250. The van der Waals surface area contributed by atoms with Gasteiger partial charge in [-0.1, -0.05) is 17.7 Å². The molecule has 2 aromatic rings. The number of ether oxygens (including phenoxy) is 1. The van der Waals surface area contributed by atoms with Crippen LogP contribution in [0.2, 0.25) is 0 Å². The maximum atomic E-state index is 12.1. The molecular formula is C20H22N2O4. The first-order valence-corrected chi connectivity index (χ1v) is 8.18. The molecule has 0 radical (unpaired) electrons. The molecule has 0 spiro atoms. The predicted octanol–water partition coefficient (Wildman–Crippen LogP) is 3.37. The molecule has 136 valence electrons. The van der Waals surface area contributed by atoms with Crippen molar-refractivity contribution in [3.05, 3.63) is 58.7 Å². The average Bonchev–Trinajstić information content (AvgIpc) is 2.56. The lowest BCUT2D eigenvalue weighted by Crippen LogP contribution is -2.22. The summed E-state index contributed by atoms with van der Waals surface area (Å²) in [5.41, 5.74) is 4.64. The Balaban J connectivity index is 1.93. The van der Waals surface area contributed by atoms with E-state index < -0.39 is 11.9 Å². The third kappa shape index (κ3) is 5.17. The first-order chi connectivity index (χ1) is 12.3. The van der Waals surface area contributed by atoms with Gasteiger partial charge in [-0.05, 0) is 56.2 Å². The molecule has 0 aliphatic carbocycles. The van der Waals surface area contributed by atoms with Gasteiger partial charge in [0.1, 0.15) is 0 Å². The number of carbonyl (C=O) groups excluding carboxylic acids is 3. The largest absolute Gasteiger partial charge is 0.452 e.